The number of benzene rings is 2. The number of rotatable bonds is 15. The molecule has 2 aromatic heterocycles. The molecule has 0 atom stereocenters. The molecule has 1 saturated heterocycles. The van der Waals surface area contributed by atoms with E-state index in [4.69, 9.17) is 34.5 Å². The number of hydrogen-bond acceptors (Lipinski definition) is 10. The Bertz CT molecular complexity index is 1590. The molecule has 2 aromatic carbocycles. The van der Waals surface area contributed by atoms with Crippen LogP contribution in [-0.4, -0.2) is 95.7 Å². The summed E-state index contributed by atoms with van der Waals surface area (Å²) in [5.41, 5.74) is 10.2. The molecule has 0 saturated carbocycles. The van der Waals surface area contributed by atoms with E-state index in [9.17, 15) is 0 Å². The van der Waals surface area contributed by atoms with E-state index in [-0.39, 0.29) is 11.8 Å². The number of nitrogens with two attached hydrogens (primary N) is 1. The Kier molecular flexibility index (Phi) is 13.7. The average molecular weight is 647 g/mol. The monoisotopic (exact) mass is 646 g/mol. The minimum absolute atomic E-state index is 0.220. The molecule has 3 heterocycles. The van der Waals surface area contributed by atoms with E-state index < -0.39 is 0 Å². The molecular weight excluding hydrogens is 596 g/mol. The van der Waals surface area contributed by atoms with Gasteiger partial charge in [-0.1, -0.05) is 30.3 Å². The van der Waals surface area contributed by atoms with E-state index in [1.807, 2.05) is 12.1 Å². The molecule has 2 N–H and O–H groups in total. The number of anilines is 1. The van der Waals surface area contributed by atoms with Gasteiger partial charge in [0.2, 0.25) is 0 Å². The van der Waals surface area contributed by atoms with Crippen LogP contribution in [0.15, 0.2) is 48.5 Å². The highest BCUT2D eigenvalue weighted by molar-refractivity contribution is 6.06. The van der Waals surface area contributed by atoms with Gasteiger partial charge in [-0.05, 0) is 83.4 Å². The van der Waals surface area contributed by atoms with Crippen molar-refractivity contribution in [2.24, 2.45) is 0 Å². The number of aromatic nitrogens is 3. The molecule has 0 aliphatic carbocycles. The molecule has 47 heavy (non-hydrogen) atoms. The SMILES string of the molecule is COCCc1nc2c(N)nc3ccccc3c2n1CCCCN(CCCN1CCOCC1)Cc1cccc(OC(C)(C)C)c1.O=C=O. The van der Waals surface area contributed by atoms with E-state index in [0.717, 1.165) is 118 Å². The zero-order chi connectivity index (χ0) is 33.6. The minimum Gasteiger partial charge on any atom is -0.488 e. The molecule has 4 aromatic rings. The normalized spacial score (nSPS) is 13.9. The number of aryl methyl sites for hydroxylation is 1. The standard InChI is InChI=1S/C35H50N6O3.CO2/c1-35(2,3)44-28-12-9-11-27(25-28)26-40(18-10-17-39-20-23-43-24-21-39)16-7-8-19-41-31(15-22-42-4)38-32-33(41)29-13-5-6-14-30(29)37-34(32)36;2-1-3/h5-6,9,11-14,25H,7-8,10,15-24,26H2,1-4H3,(H2,36,37);. The van der Waals surface area contributed by atoms with Crippen molar-refractivity contribution >= 4 is 33.9 Å². The first kappa shape index (κ1) is 36.0. The van der Waals surface area contributed by atoms with Gasteiger partial charge in [0.15, 0.2) is 5.82 Å². The number of carbonyl (C=O) groups excluding carboxylic acids is 2. The largest absolute Gasteiger partial charge is 0.488 e. The Labute approximate surface area is 278 Å². The zero-order valence-corrected chi connectivity index (χ0v) is 28.4. The molecular formula is C36H50N6O5. The number of ether oxygens (including phenoxy) is 3. The van der Waals surface area contributed by atoms with E-state index in [1.165, 1.54) is 5.56 Å². The van der Waals surface area contributed by atoms with Gasteiger partial charge in [-0.3, -0.25) is 9.80 Å². The lowest BCUT2D eigenvalue weighted by molar-refractivity contribution is -0.191. The molecule has 254 valence electrons. The summed E-state index contributed by atoms with van der Waals surface area (Å²) >= 11 is 0. The third-order valence-electron chi connectivity index (χ3n) is 8.11. The number of unbranched alkanes of at least 4 members (excludes halogenated alkanes) is 1. The van der Waals surface area contributed by atoms with E-state index >= 15 is 0 Å². The highest BCUT2D eigenvalue weighted by Crippen LogP contribution is 2.29. The fourth-order valence-corrected chi connectivity index (χ4v) is 6.07. The van der Waals surface area contributed by atoms with Crippen LogP contribution in [-0.2, 0) is 38.6 Å². The second-order valence-corrected chi connectivity index (χ2v) is 12.9. The van der Waals surface area contributed by atoms with Crippen molar-refractivity contribution in [3.63, 3.8) is 0 Å². The first-order chi connectivity index (χ1) is 22.7. The van der Waals surface area contributed by atoms with Crippen LogP contribution in [0.4, 0.5) is 5.82 Å². The minimum atomic E-state index is -0.220. The molecule has 0 bridgehead atoms. The number of pyridine rings is 1. The molecule has 5 rings (SSSR count). The van der Waals surface area contributed by atoms with E-state index in [0.29, 0.717) is 12.4 Å². The van der Waals surface area contributed by atoms with Gasteiger partial charge < -0.3 is 24.5 Å². The molecule has 0 radical (unpaired) electrons. The Balaban J connectivity index is 0.00000160. The van der Waals surface area contributed by atoms with E-state index in [2.05, 4.69) is 76.5 Å². The average Bonchev–Trinajstić information content (AvgIpc) is 3.41. The third kappa shape index (κ3) is 10.8. The summed E-state index contributed by atoms with van der Waals surface area (Å²) < 4.78 is 19.5. The second kappa shape index (κ2) is 17.9. The number of morpholine rings is 1. The lowest BCUT2D eigenvalue weighted by Crippen LogP contribution is -2.38. The van der Waals surface area contributed by atoms with Crippen molar-refractivity contribution in [2.75, 3.05) is 65.4 Å². The van der Waals surface area contributed by atoms with Gasteiger partial charge in [0, 0.05) is 45.1 Å². The summed E-state index contributed by atoms with van der Waals surface area (Å²) in [6, 6.07) is 16.8. The quantitative estimate of drug-likeness (QED) is 0.177. The van der Waals surface area contributed by atoms with Crippen molar-refractivity contribution < 1.29 is 23.8 Å². The molecule has 11 nitrogen and oxygen atoms in total. The topological polar surface area (TPSA) is 125 Å². The maximum Gasteiger partial charge on any atom is 0.373 e. The van der Waals surface area contributed by atoms with Crippen LogP contribution in [0.1, 0.15) is 51.4 Å². The summed E-state index contributed by atoms with van der Waals surface area (Å²) in [5.74, 6) is 2.42. The van der Waals surface area contributed by atoms with Crippen LogP contribution >= 0.6 is 0 Å². The third-order valence-corrected chi connectivity index (χ3v) is 8.11. The van der Waals surface area contributed by atoms with Crippen molar-refractivity contribution in [3.8, 4) is 5.75 Å². The molecule has 0 unspecified atom stereocenters. The number of hydrogen-bond donors (Lipinski definition) is 1. The zero-order valence-electron chi connectivity index (χ0n) is 28.4. The maximum atomic E-state index is 8.12. The Morgan fingerprint density at radius 3 is 2.47 bits per heavy atom. The van der Waals surface area contributed by atoms with Gasteiger partial charge in [0.25, 0.3) is 0 Å². The number of methoxy groups -OCH3 is 1. The Morgan fingerprint density at radius 2 is 1.72 bits per heavy atom. The van der Waals surface area contributed by atoms with Crippen molar-refractivity contribution in [1.82, 2.24) is 24.3 Å². The van der Waals surface area contributed by atoms with Gasteiger partial charge in [-0.15, -0.1) is 0 Å². The Hall–Kier alpha value is -3.86. The van der Waals surface area contributed by atoms with Crippen LogP contribution in [0.3, 0.4) is 0 Å². The number of nitrogen functional groups attached to an aromatic ring is 1. The van der Waals surface area contributed by atoms with Gasteiger partial charge >= 0.3 is 6.15 Å². The fraction of sp³-hybridized carbons (Fsp3) is 0.528. The molecule has 1 aliphatic heterocycles. The van der Waals surface area contributed by atoms with Crippen LogP contribution in [0, 0.1) is 0 Å². The van der Waals surface area contributed by atoms with Crippen molar-refractivity contribution in [3.05, 3.63) is 59.9 Å². The first-order valence-corrected chi connectivity index (χ1v) is 16.5. The van der Waals surface area contributed by atoms with Gasteiger partial charge in [0.1, 0.15) is 22.7 Å². The van der Waals surface area contributed by atoms with Crippen LogP contribution < -0.4 is 10.5 Å². The fourth-order valence-electron chi connectivity index (χ4n) is 6.07. The first-order valence-electron chi connectivity index (χ1n) is 16.5. The number of nitrogens with zero attached hydrogens (tertiary/aromatic N) is 5. The second-order valence-electron chi connectivity index (χ2n) is 12.9. The van der Waals surface area contributed by atoms with Crippen LogP contribution in [0.2, 0.25) is 0 Å². The highest BCUT2D eigenvalue weighted by atomic mass is 16.5. The van der Waals surface area contributed by atoms with Crippen molar-refractivity contribution in [1.29, 1.82) is 0 Å². The predicted octanol–water partition coefficient (Wildman–Crippen LogP) is 4.95. The van der Waals surface area contributed by atoms with E-state index in [1.54, 1.807) is 7.11 Å². The maximum absolute atomic E-state index is 8.12. The lowest BCUT2D eigenvalue weighted by Gasteiger charge is -2.28. The van der Waals surface area contributed by atoms with Gasteiger partial charge in [-0.2, -0.15) is 9.59 Å². The van der Waals surface area contributed by atoms with Crippen LogP contribution in [0.25, 0.3) is 21.9 Å². The van der Waals surface area contributed by atoms with Gasteiger partial charge in [0.05, 0.1) is 30.9 Å². The molecule has 1 aliphatic rings. The number of fused-ring (bicyclic) bond motifs is 3. The Morgan fingerprint density at radius 1 is 0.979 bits per heavy atom. The smallest absolute Gasteiger partial charge is 0.373 e. The molecule has 0 spiro atoms. The summed E-state index contributed by atoms with van der Waals surface area (Å²) in [7, 11) is 1.73. The molecule has 11 heteroatoms. The summed E-state index contributed by atoms with van der Waals surface area (Å²) in [6.07, 6.45) is 4.25. The summed E-state index contributed by atoms with van der Waals surface area (Å²) in [5, 5.41) is 1.09. The summed E-state index contributed by atoms with van der Waals surface area (Å²) in [4.78, 5) is 31.0. The van der Waals surface area contributed by atoms with Crippen molar-refractivity contribution in [2.45, 2.75) is 65.1 Å². The molecule has 0 amide bonds. The molecule has 1 fully saturated rings. The summed E-state index contributed by atoms with van der Waals surface area (Å²) in [6.45, 7) is 15.6. The van der Waals surface area contributed by atoms with Gasteiger partial charge in [-0.25, -0.2) is 9.97 Å². The number of imidazole rings is 1. The van der Waals surface area contributed by atoms with Crippen LogP contribution in [0.5, 0.6) is 5.75 Å². The number of para-hydroxylation sites is 1. The predicted molar refractivity (Wildman–Crippen MR) is 183 cm³/mol. The lowest BCUT2D eigenvalue weighted by atomic mass is 10.1. The highest BCUT2D eigenvalue weighted by Gasteiger charge is 2.18.